The SMILES string of the molecule is CC(C)(C)OC(=O)Nc1ccc(C(=O)Nc2cc(Cl)ccc2N2CCCC2)cc1. The second kappa shape index (κ2) is 8.74. The minimum atomic E-state index is -0.575. The number of benzene rings is 2. The Hall–Kier alpha value is -2.73. The second-order valence-electron chi connectivity index (χ2n) is 8.01. The summed E-state index contributed by atoms with van der Waals surface area (Å²) in [5.74, 6) is -0.239. The third-order valence-corrected chi connectivity index (χ3v) is 4.68. The van der Waals surface area contributed by atoms with Crippen molar-refractivity contribution in [1.82, 2.24) is 0 Å². The molecule has 1 fully saturated rings. The van der Waals surface area contributed by atoms with Crippen LogP contribution >= 0.6 is 11.6 Å². The van der Waals surface area contributed by atoms with E-state index in [9.17, 15) is 9.59 Å². The van der Waals surface area contributed by atoms with Crippen LogP contribution in [0.4, 0.5) is 21.9 Å². The molecule has 29 heavy (non-hydrogen) atoms. The van der Waals surface area contributed by atoms with E-state index >= 15 is 0 Å². The number of carbonyl (C=O) groups excluding carboxylic acids is 2. The van der Waals surface area contributed by atoms with Crippen molar-refractivity contribution in [2.24, 2.45) is 0 Å². The molecule has 2 N–H and O–H groups in total. The Morgan fingerprint density at radius 2 is 1.66 bits per heavy atom. The minimum absolute atomic E-state index is 0.239. The van der Waals surface area contributed by atoms with Gasteiger partial charge in [0, 0.05) is 29.4 Å². The van der Waals surface area contributed by atoms with Crippen molar-refractivity contribution < 1.29 is 14.3 Å². The molecule has 7 heteroatoms. The molecular weight excluding hydrogens is 390 g/mol. The average molecular weight is 416 g/mol. The molecule has 0 spiro atoms. The molecule has 0 aromatic heterocycles. The van der Waals surface area contributed by atoms with Gasteiger partial charge in [0.15, 0.2) is 0 Å². The van der Waals surface area contributed by atoms with E-state index in [1.807, 2.05) is 12.1 Å². The number of ether oxygens (including phenoxy) is 1. The summed E-state index contributed by atoms with van der Waals surface area (Å²) in [7, 11) is 0. The Morgan fingerprint density at radius 3 is 2.28 bits per heavy atom. The number of carbonyl (C=O) groups is 2. The first-order valence-corrected chi connectivity index (χ1v) is 10.0. The van der Waals surface area contributed by atoms with E-state index in [4.69, 9.17) is 16.3 Å². The zero-order chi connectivity index (χ0) is 21.0. The maximum atomic E-state index is 12.7. The minimum Gasteiger partial charge on any atom is -0.444 e. The van der Waals surface area contributed by atoms with E-state index in [-0.39, 0.29) is 5.91 Å². The molecule has 2 aromatic carbocycles. The van der Waals surface area contributed by atoms with E-state index in [0.717, 1.165) is 31.6 Å². The average Bonchev–Trinajstić information content (AvgIpc) is 3.15. The topological polar surface area (TPSA) is 70.7 Å². The molecule has 154 valence electrons. The zero-order valence-electron chi connectivity index (χ0n) is 16.9. The number of amides is 2. The maximum Gasteiger partial charge on any atom is 0.412 e. The number of nitrogens with zero attached hydrogens (tertiary/aromatic N) is 1. The van der Waals surface area contributed by atoms with Crippen molar-refractivity contribution in [2.45, 2.75) is 39.2 Å². The van der Waals surface area contributed by atoms with Crippen LogP contribution in [-0.2, 0) is 4.74 Å². The summed E-state index contributed by atoms with van der Waals surface area (Å²) in [5.41, 5.74) is 2.13. The van der Waals surface area contributed by atoms with Gasteiger partial charge >= 0.3 is 6.09 Å². The Morgan fingerprint density at radius 1 is 1.00 bits per heavy atom. The van der Waals surface area contributed by atoms with E-state index in [2.05, 4.69) is 15.5 Å². The molecule has 1 aliphatic rings. The summed E-state index contributed by atoms with van der Waals surface area (Å²) in [5, 5.41) is 6.18. The lowest BCUT2D eigenvalue weighted by atomic mass is 10.1. The van der Waals surface area contributed by atoms with E-state index in [0.29, 0.717) is 22.0 Å². The fraction of sp³-hybridized carbons (Fsp3) is 0.364. The van der Waals surface area contributed by atoms with Crippen LogP contribution < -0.4 is 15.5 Å². The third kappa shape index (κ3) is 5.87. The van der Waals surface area contributed by atoms with Gasteiger partial charge in [-0.3, -0.25) is 10.1 Å². The van der Waals surface area contributed by atoms with Crippen molar-refractivity contribution >= 4 is 40.7 Å². The molecular formula is C22H26ClN3O3. The van der Waals surface area contributed by atoms with Crippen LogP contribution in [0, 0.1) is 0 Å². The number of rotatable bonds is 4. The van der Waals surface area contributed by atoms with Gasteiger partial charge in [0.1, 0.15) is 5.60 Å². The van der Waals surface area contributed by atoms with Crippen molar-refractivity contribution in [2.75, 3.05) is 28.6 Å². The number of nitrogens with one attached hydrogen (secondary N) is 2. The molecule has 0 bridgehead atoms. The molecule has 2 amide bonds. The van der Waals surface area contributed by atoms with Gasteiger partial charge in [-0.2, -0.15) is 0 Å². The lowest BCUT2D eigenvalue weighted by Gasteiger charge is -2.22. The zero-order valence-corrected chi connectivity index (χ0v) is 17.7. The Kier molecular flexibility index (Phi) is 6.33. The molecule has 0 atom stereocenters. The summed E-state index contributed by atoms with van der Waals surface area (Å²) in [6.45, 7) is 7.33. The van der Waals surface area contributed by atoms with E-state index < -0.39 is 11.7 Å². The standard InChI is InChI=1S/C22H26ClN3O3/c1-22(2,3)29-21(28)24-17-9-6-15(7-10-17)20(27)25-18-14-16(23)8-11-19(18)26-12-4-5-13-26/h6-11,14H,4-5,12-13H2,1-3H3,(H,24,28)(H,25,27). The Bertz CT molecular complexity index is 885. The number of hydrogen-bond donors (Lipinski definition) is 2. The predicted octanol–water partition coefficient (Wildman–Crippen LogP) is 5.54. The van der Waals surface area contributed by atoms with Gasteiger partial charge in [-0.05, 0) is 76.1 Å². The molecule has 0 radical (unpaired) electrons. The molecule has 2 aromatic rings. The Balaban J connectivity index is 1.68. The molecule has 1 aliphatic heterocycles. The summed E-state index contributed by atoms with van der Waals surface area (Å²) < 4.78 is 5.22. The van der Waals surface area contributed by atoms with Crippen molar-refractivity contribution in [3.05, 3.63) is 53.1 Å². The van der Waals surface area contributed by atoms with Crippen LogP contribution in [0.5, 0.6) is 0 Å². The highest BCUT2D eigenvalue weighted by Gasteiger charge is 2.19. The molecule has 0 unspecified atom stereocenters. The summed E-state index contributed by atoms with van der Waals surface area (Å²) in [4.78, 5) is 26.8. The summed E-state index contributed by atoms with van der Waals surface area (Å²) in [6.07, 6.45) is 1.74. The fourth-order valence-electron chi connectivity index (χ4n) is 3.16. The highest BCUT2D eigenvalue weighted by molar-refractivity contribution is 6.31. The van der Waals surface area contributed by atoms with Gasteiger partial charge < -0.3 is 15.0 Å². The first-order chi connectivity index (χ1) is 13.7. The smallest absolute Gasteiger partial charge is 0.412 e. The number of hydrogen-bond acceptors (Lipinski definition) is 4. The fourth-order valence-corrected chi connectivity index (χ4v) is 3.34. The first-order valence-electron chi connectivity index (χ1n) is 9.67. The lowest BCUT2D eigenvalue weighted by Crippen LogP contribution is -2.27. The van der Waals surface area contributed by atoms with Gasteiger partial charge in [0.2, 0.25) is 0 Å². The molecule has 1 saturated heterocycles. The van der Waals surface area contributed by atoms with Gasteiger partial charge in [0.25, 0.3) is 5.91 Å². The summed E-state index contributed by atoms with van der Waals surface area (Å²) >= 11 is 6.15. The second-order valence-corrected chi connectivity index (χ2v) is 8.45. The monoisotopic (exact) mass is 415 g/mol. The number of halogens is 1. The van der Waals surface area contributed by atoms with Crippen LogP contribution in [0.2, 0.25) is 5.02 Å². The van der Waals surface area contributed by atoms with Gasteiger partial charge in [0.05, 0.1) is 11.4 Å². The molecule has 1 heterocycles. The van der Waals surface area contributed by atoms with Crippen molar-refractivity contribution in [3.63, 3.8) is 0 Å². The molecule has 0 aliphatic carbocycles. The van der Waals surface area contributed by atoms with E-state index in [1.165, 1.54) is 0 Å². The molecule has 6 nitrogen and oxygen atoms in total. The quantitative estimate of drug-likeness (QED) is 0.687. The van der Waals surface area contributed by atoms with Gasteiger partial charge in [-0.25, -0.2) is 4.79 Å². The lowest BCUT2D eigenvalue weighted by molar-refractivity contribution is 0.0636. The molecule has 0 saturated carbocycles. The Labute approximate surface area is 176 Å². The van der Waals surface area contributed by atoms with Crippen molar-refractivity contribution in [3.8, 4) is 0 Å². The van der Waals surface area contributed by atoms with Crippen LogP contribution in [0.25, 0.3) is 0 Å². The van der Waals surface area contributed by atoms with Crippen LogP contribution in [0.1, 0.15) is 44.0 Å². The normalized spacial score (nSPS) is 13.9. The van der Waals surface area contributed by atoms with Gasteiger partial charge in [-0.1, -0.05) is 11.6 Å². The predicted molar refractivity (Wildman–Crippen MR) is 117 cm³/mol. The highest BCUT2D eigenvalue weighted by Crippen LogP contribution is 2.32. The van der Waals surface area contributed by atoms with Crippen LogP contribution in [0.15, 0.2) is 42.5 Å². The van der Waals surface area contributed by atoms with Crippen molar-refractivity contribution in [1.29, 1.82) is 0 Å². The first kappa shape index (κ1) is 21.0. The largest absolute Gasteiger partial charge is 0.444 e. The molecule has 3 rings (SSSR count). The van der Waals surface area contributed by atoms with E-state index in [1.54, 1.807) is 51.1 Å². The highest BCUT2D eigenvalue weighted by atomic mass is 35.5. The van der Waals surface area contributed by atoms with Crippen LogP contribution in [-0.4, -0.2) is 30.7 Å². The summed E-state index contributed by atoms with van der Waals surface area (Å²) in [6, 6.07) is 12.2. The third-order valence-electron chi connectivity index (χ3n) is 4.45. The maximum absolute atomic E-state index is 12.7. The number of anilines is 3. The van der Waals surface area contributed by atoms with Crippen LogP contribution in [0.3, 0.4) is 0 Å². The van der Waals surface area contributed by atoms with Gasteiger partial charge in [-0.15, -0.1) is 0 Å².